The van der Waals surface area contributed by atoms with Crippen LogP contribution in [0.1, 0.15) is 36.2 Å². The van der Waals surface area contributed by atoms with Crippen molar-refractivity contribution in [3.8, 4) is 11.8 Å². The highest BCUT2D eigenvalue weighted by atomic mass is 16.5. The maximum atomic E-state index is 13.0. The molecule has 182 valence electrons. The Bertz CT molecular complexity index is 1040. The summed E-state index contributed by atoms with van der Waals surface area (Å²) < 4.78 is 5.96. The van der Waals surface area contributed by atoms with E-state index in [-0.39, 0.29) is 30.3 Å². The zero-order chi connectivity index (χ0) is 23.9. The molecule has 2 aromatic rings. The van der Waals surface area contributed by atoms with Gasteiger partial charge in [-0.05, 0) is 38.1 Å². The Kier molecular flexibility index (Phi) is 8.03. The molecule has 1 aliphatic carbocycles. The Morgan fingerprint density at radius 2 is 1.97 bits per heavy atom. The number of carbonyl (C=O) groups excluding carboxylic acids is 2. The molecule has 2 heterocycles. The number of aromatic nitrogens is 1. The number of fused-ring (bicyclic) bond motifs is 1. The van der Waals surface area contributed by atoms with Crippen molar-refractivity contribution >= 4 is 22.7 Å². The number of H-pyrrole nitrogens is 1. The normalized spacial score (nSPS) is 21.6. The highest BCUT2D eigenvalue weighted by Crippen LogP contribution is 2.26. The summed E-state index contributed by atoms with van der Waals surface area (Å²) in [6, 6.07) is 9.33. The third-order valence-corrected chi connectivity index (χ3v) is 6.87. The minimum Gasteiger partial charge on any atom is -0.492 e. The summed E-state index contributed by atoms with van der Waals surface area (Å²) in [6.07, 6.45) is 3.38. The SMILES string of the molecule is CN1CCN(CCOc2ccc3cc(C(=O)NC4CCCCC4C(=O)NCC#N)[nH]c3c2)CC1. The van der Waals surface area contributed by atoms with Crippen LogP contribution < -0.4 is 15.4 Å². The number of amides is 2. The first-order valence-corrected chi connectivity index (χ1v) is 12.2. The van der Waals surface area contributed by atoms with Crippen LogP contribution in [0.15, 0.2) is 24.3 Å². The smallest absolute Gasteiger partial charge is 0.267 e. The molecule has 9 heteroatoms. The molecule has 1 aromatic heterocycles. The number of carbonyl (C=O) groups is 2. The van der Waals surface area contributed by atoms with Crippen LogP contribution in [-0.4, -0.2) is 85.6 Å². The first kappa shape index (κ1) is 24.0. The van der Waals surface area contributed by atoms with Gasteiger partial charge in [0.15, 0.2) is 0 Å². The standard InChI is InChI=1S/C25H34N6O3/c1-30-10-12-31(13-11-30)14-15-34-19-7-6-18-16-23(28-22(18)17-19)25(33)29-21-5-3-2-4-20(21)24(32)27-9-8-26/h6-7,16-17,20-21,28H,2-5,9-15H2,1H3,(H,27,32)(H,29,33). The van der Waals surface area contributed by atoms with Crippen molar-refractivity contribution in [1.82, 2.24) is 25.4 Å². The Morgan fingerprint density at radius 3 is 2.76 bits per heavy atom. The number of rotatable bonds is 8. The number of aromatic amines is 1. The number of hydrogen-bond donors (Lipinski definition) is 3. The Morgan fingerprint density at radius 1 is 1.18 bits per heavy atom. The monoisotopic (exact) mass is 466 g/mol. The summed E-state index contributed by atoms with van der Waals surface area (Å²) in [4.78, 5) is 33.3. The number of nitriles is 1. The molecule has 34 heavy (non-hydrogen) atoms. The van der Waals surface area contributed by atoms with Gasteiger partial charge in [0.25, 0.3) is 5.91 Å². The molecule has 1 saturated carbocycles. The second-order valence-electron chi connectivity index (χ2n) is 9.27. The van der Waals surface area contributed by atoms with Gasteiger partial charge in [-0.2, -0.15) is 5.26 Å². The zero-order valence-electron chi connectivity index (χ0n) is 19.8. The van der Waals surface area contributed by atoms with Crippen molar-refractivity contribution in [2.24, 2.45) is 5.92 Å². The molecule has 2 atom stereocenters. The third-order valence-electron chi connectivity index (χ3n) is 6.87. The molecule has 1 saturated heterocycles. The molecular formula is C25H34N6O3. The number of hydrogen-bond acceptors (Lipinski definition) is 6. The van der Waals surface area contributed by atoms with Crippen molar-refractivity contribution in [3.63, 3.8) is 0 Å². The van der Waals surface area contributed by atoms with E-state index in [2.05, 4.69) is 32.5 Å². The lowest BCUT2D eigenvalue weighted by Gasteiger charge is -2.32. The predicted molar refractivity (Wildman–Crippen MR) is 130 cm³/mol. The zero-order valence-corrected chi connectivity index (χ0v) is 19.8. The van der Waals surface area contributed by atoms with Crippen LogP contribution in [0, 0.1) is 17.2 Å². The molecule has 1 aromatic carbocycles. The number of nitrogens with one attached hydrogen (secondary N) is 3. The van der Waals surface area contributed by atoms with Gasteiger partial charge in [-0.25, -0.2) is 0 Å². The van der Waals surface area contributed by atoms with E-state index in [0.717, 1.165) is 68.6 Å². The summed E-state index contributed by atoms with van der Waals surface area (Å²) in [6.45, 7) is 5.81. The van der Waals surface area contributed by atoms with E-state index in [4.69, 9.17) is 10.00 Å². The van der Waals surface area contributed by atoms with E-state index >= 15 is 0 Å². The van der Waals surface area contributed by atoms with Gasteiger partial charge < -0.3 is 25.3 Å². The van der Waals surface area contributed by atoms with Crippen LogP contribution >= 0.6 is 0 Å². The summed E-state index contributed by atoms with van der Waals surface area (Å²) in [7, 11) is 2.15. The van der Waals surface area contributed by atoms with Crippen molar-refractivity contribution in [3.05, 3.63) is 30.0 Å². The van der Waals surface area contributed by atoms with Crippen LogP contribution in [0.4, 0.5) is 0 Å². The van der Waals surface area contributed by atoms with Crippen molar-refractivity contribution < 1.29 is 14.3 Å². The number of benzene rings is 1. The molecule has 0 spiro atoms. The number of likely N-dealkylation sites (N-methyl/N-ethyl adjacent to an activating group) is 1. The van der Waals surface area contributed by atoms with E-state index in [1.54, 1.807) is 0 Å². The second-order valence-corrected chi connectivity index (χ2v) is 9.27. The van der Waals surface area contributed by atoms with Crippen molar-refractivity contribution in [1.29, 1.82) is 5.26 Å². The molecule has 4 rings (SSSR count). The van der Waals surface area contributed by atoms with E-state index in [0.29, 0.717) is 18.7 Å². The van der Waals surface area contributed by atoms with E-state index in [1.807, 2.05) is 30.3 Å². The second kappa shape index (κ2) is 11.4. The van der Waals surface area contributed by atoms with E-state index < -0.39 is 0 Å². The Labute approximate surface area is 200 Å². The van der Waals surface area contributed by atoms with Gasteiger partial charge in [-0.1, -0.05) is 12.8 Å². The van der Waals surface area contributed by atoms with Crippen LogP contribution in [0.5, 0.6) is 5.75 Å². The third kappa shape index (κ3) is 6.07. The minimum absolute atomic E-state index is 0.0161. The molecule has 0 bridgehead atoms. The van der Waals surface area contributed by atoms with Gasteiger partial charge in [0, 0.05) is 55.7 Å². The van der Waals surface area contributed by atoms with Gasteiger partial charge in [0.1, 0.15) is 24.6 Å². The predicted octanol–water partition coefficient (Wildman–Crippen LogP) is 1.72. The largest absolute Gasteiger partial charge is 0.492 e. The maximum absolute atomic E-state index is 13.0. The lowest BCUT2D eigenvalue weighted by molar-refractivity contribution is -0.126. The van der Waals surface area contributed by atoms with Gasteiger partial charge in [0.05, 0.1) is 12.0 Å². The minimum atomic E-state index is -0.310. The van der Waals surface area contributed by atoms with Gasteiger partial charge in [0.2, 0.25) is 5.91 Å². The maximum Gasteiger partial charge on any atom is 0.267 e. The summed E-state index contributed by atoms with van der Waals surface area (Å²) in [5, 5.41) is 15.3. The molecular weight excluding hydrogens is 432 g/mol. The van der Waals surface area contributed by atoms with Gasteiger partial charge >= 0.3 is 0 Å². The molecule has 1 aliphatic heterocycles. The molecule has 2 aliphatic rings. The number of ether oxygens (including phenoxy) is 1. The van der Waals surface area contributed by atoms with Crippen LogP contribution in [-0.2, 0) is 4.79 Å². The first-order chi connectivity index (χ1) is 16.5. The highest BCUT2D eigenvalue weighted by Gasteiger charge is 2.32. The Balaban J connectivity index is 1.34. The van der Waals surface area contributed by atoms with E-state index in [9.17, 15) is 9.59 Å². The summed E-state index contributed by atoms with van der Waals surface area (Å²) >= 11 is 0. The fourth-order valence-corrected chi connectivity index (χ4v) is 4.80. The van der Waals surface area contributed by atoms with Crippen LogP contribution in [0.2, 0.25) is 0 Å². The average Bonchev–Trinajstić information content (AvgIpc) is 3.28. The van der Waals surface area contributed by atoms with Crippen LogP contribution in [0.3, 0.4) is 0 Å². The number of nitrogens with zero attached hydrogens (tertiary/aromatic N) is 3. The summed E-state index contributed by atoms with van der Waals surface area (Å²) in [5.41, 5.74) is 1.31. The molecule has 9 nitrogen and oxygen atoms in total. The fraction of sp³-hybridized carbons (Fsp3) is 0.560. The average molecular weight is 467 g/mol. The summed E-state index contributed by atoms with van der Waals surface area (Å²) in [5.74, 6) is 0.0768. The topological polar surface area (TPSA) is 113 Å². The molecule has 2 amide bonds. The molecule has 2 fully saturated rings. The molecule has 3 N–H and O–H groups in total. The fourth-order valence-electron chi connectivity index (χ4n) is 4.80. The lowest BCUT2D eigenvalue weighted by Crippen LogP contribution is -2.48. The molecule has 0 radical (unpaired) electrons. The first-order valence-electron chi connectivity index (χ1n) is 12.2. The Hall–Kier alpha value is -3.09. The van der Waals surface area contributed by atoms with Crippen molar-refractivity contribution in [2.75, 3.05) is 52.9 Å². The van der Waals surface area contributed by atoms with Gasteiger partial charge in [-0.15, -0.1) is 0 Å². The molecule has 2 unspecified atom stereocenters. The lowest BCUT2D eigenvalue weighted by atomic mass is 9.83. The van der Waals surface area contributed by atoms with E-state index in [1.165, 1.54) is 0 Å². The quantitative estimate of drug-likeness (QED) is 0.511. The van der Waals surface area contributed by atoms with Crippen LogP contribution in [0.25, 0.3) is 10.9 Å². The highest BCUT2D eigenvalue weighted by molar-refractivity contribution is 5.98. The van der Waals surface area contributed by atoms with Crippen molar-refractivity contribution in [2.45, 2.75) is 31.7 Å². The van der Waals surface area contributed by atoms with Gasteiger partial charge in [-0.3, -0.25) is 14.5 Å². The number of piperazine rings is 1.